The Kier molecular flexibility index (Phi) is 6.87. The molecule has 0 spiro atoms. The van der Waals surface area contributed by atoms with Crippen LogP contribution >= 0.6 is 24.0 Å². The van der Waals surface area contributed by atoms with Crippen LogP contribution in [0.2, 0.25) is 5.02 Å². The lowest BCUT2D eigenvalue weighted by Crippen LogP contribution is -2.42. The summed E-state index contributed by atoms with van der Waals surface area (Å²) in [5.74, 6) is -0.642. The molecule has 1 N–H and O–H groups in total. The number of nitrogens with one attached hydrogen (secondary N) is 1. The minimum Gasteiger partial charge on any atom is -0.315 e. The average molecular weight is 357 g/mol. The second-order valence-corrected chi connectivity index (χ2v) is 7.19. The lowest BCUT2D eigenvalue weighted by molar-refractivity contribution is 0.335. The fraction of sp³-hybridized carbons (Fsp3) is 0.538. The summed E-state index contributed by atoms with van der Waals surface area (Å²) in [6.07, 6.45) is 1.47. The maximum Gasteiger partial charge on any atom is 0.243 e. The van der Waals surface area contributed by atoms with Crippen molar-refractivity contribution in [2.24, 2.45) is 0 Å². The molecule has 1 fully saturated rings. The smallest absolute Gasteiger partial charge is 0.243 e. The number of halogens is 3. The molecule has 0 bridgehead atoms. The van der Waals surface area contributed by atoms with Crippen LogP contribution in [0.15, 0.2) is 23.1 Å². The zero-order valence-electron chi connectivity index (χ0n) is 11.7. The van der Waals surface area contributed by atoms with E-state index in [-0.39, 0.29) is 28.4 Å². The Morgan fingerprint density at radius 3 is 2.67 bits per heavy atom. The number of nitrogens with zero attached hydrogens (tertiary/aromatic N) is 1. The van der Waals surface area contributed by atoms with Gasteiger partial charge in [0, 0.05) is 24.2 Å². The maximum atomic E-state index is 13.4. The third-order valence-electron chi connectivity index (χ3n) is 3.33. The number of sulfonamides is 1. The van der Waals surface area contributed by atoms with Crippen LogP contribution in [-0.4, -0.2) is 38.4 Å². The van der Waals surface area contributed by atoms with Gasteiger partial charge in [0.2, 0.25) is 10.0 Å². The highest BCUT2D eigenvalue weighted by molar-refractivity contribution is 7.89. The third-order valence-corrected chi connectivity index (χ3v) is 5.48. The summed E-state index contributed by atoms with van der Waals surface area (Å²) in [4.78, 5) is -0.0807. The highest BCUT2D eigenvalue weighted by atomic mass is 35.5. The molecule has 1 saturated heterocycles. The molecule has 0 aliphatic carbocycles. The van der Waals surface area contributed by atoms with Gasteiger partial charge in [-0.15, -0.1) is 12.4 Å². The van der Waals surface area contributed by atoms with E-state index in [0.29, 0.717) is 19.5 Å². The summed E-state index contributed by atoms with van der Waals surface area (Å²) in [5.41, 5.74) is 0. The van der Waals surface area contributed by atoms with E-state index in [1.807, 2.05) is 6.92 Å². The first-order chi connectivity index (χ1) is 9.45. The van der Waals surface area contributed by atoms with Gasteiger partial charge in [-0.05, 0) is 37.6 Å². The molecule has 1 aromatic carbocycles. The van der Waals surface area contributed by atoms with Crippen LogP contribution in [0.5, 0.6) is 0 Å². The van der Waals surface area contributed by atoms with Gasteiger partial charge in [0.25, 0.3) is 0 Å². The molecule has 1 heterocycles. The minimum atomic E-state index is -3.72. The zero-order valence-corrected chi connectivity index (χ0v) is 14.1. The molecule has 1 atom stereocenters. The summed E-state index contributed by atoms with van der Waals surface area (Å²) < 4.78 is 40.2. The second kappa shape index (κ2) is 7.74. The maximum absolute atomic E-state index is 13.4. The predicted octanol–water partition coefficient (Wildman–Crippen LogP) is 2.66. The fourth-order valence-electron chi connectivity index (χ4n) is 2.42. The van der Waals surface area contributed by atoms with Gasteiger partial charge in [-0.1, -0.05) is 18.5 Å². The number of hydrogen-bond donors (Lipinski definition) is 1. The molecule has 120 valence electrons. The second-order valence-electron chi connectivity index (χ2n) is 4.87. The Morgan fingerprint density at radius 1 is 1.43 bits per heavy atom. The van der Waals surface area contributed by atoms with Gasteiger partial charge in [-0.25, -0.2) is 12.8 Å². The van der Waals surface area contributed by atoms with Crippen LogP contribution in [0.25, 0.3) is 0 Å². The highest BCUT2D eigenvalue weighted by Crippen LogP contribution is 2.25. The Balaban J connectivity index is 0.00000220. The van der Waals surface area contributed by atoms with E-state index in [2.05, 4.69) is 5.32 Å². The van der Waals surface area contributed by atoms with Crippen molar-refractivity contribution >= 4 is 34.0 Å². The topological polar surface area (TPSA) is 49.4 Å². The van der Waals surface area contributed by atoms with Crippen molar-refractivity contribution in [3.05, 3.63) is 29.0 Å². The van der Waals surface area contributed by atoms with E-state index in [9.17, 15) is 12.8 Å². The third kappa shape index (κ3) is 4.29. The van der Waals surface area contributed by atoms with Crippen LogP contribution < -0.4 is 5.32 Å². The number of benzene rings is 1. The Morgan fingerprint density at radius 2 is 2.14 bits per heavy atom. The minimum absolute atomic E-state index is 0. The van der Waals surface area contributed by atoms with E-state index in [4.69, 9.17) is 11.6 Å². The first kappa shape index (κ1) is 18.6. The molecular weight excluding hydrogens is 338 g/mol. The van der Waals surface area contributed by atoms with Crippen molar-refractivity contribution in [3.8, 4) is 0 Å². The SMILES string of the molecule is CCCN(C1CCNC1)S(=O)(=O)c1cc(F)cc(Cl)c1.Cl. The van der Waals surface area contributed by atoms with E-state index >= 15 is 0 Å². The van der Waals surface area contributed by atoms with Crippen molar-refractivity contribution in [1.29, 1.82) is 0 Å². The Bertz CT molecular complexity index is 557. The normalized spacial score (nSPS) is 18.8. The monoisotopic (exact) mass is 356 g/mol. The standard InChI is InChI=1S/C13H18ClFN2O2S.ClH/c1-2-5-17(12-3-4-16-9-12)20(18,19)13-7-10(14)6-11(15)8-13;/h6-8,12,16H,2-5,9H2,1H3;1H. The summed E-state index contributed by atoms with van der Waals surface area (Å²) in [6.45, 7) is 3.76. The van der Waals surface area contributed by atoms with Crippen molar-refractivity contribution in [2.75, 3.05) is 19.6 Å². The summed E-state index contributed by atoms with van der Waals surface area (Å²) in [5, 5.41) is 3.24. The molecule has 1 unspecified atom stereocenters. The molecule has 4 nitrogen and oxygen atoms in total. The Hall–Kier alpha value is -0.400. The van der Waals surface area contributed by atoms with Crippen molar-refractivity contribution in [2.45, 2.75) is 30.7 Å². The molecule has 8 heteroatoms. The van der Waals surface area contributed by atoms with Gasteiger partial charge < -0.3 is 5.32 Å². The van der Waals surface area contributed by atoms with Crippen LogP contribution in [-0.2, 0) is 10.0 Å². The molecule has 0 amide bonds. The van der Waals surface area contributed by atoms with Crippen LogP contribution in [0.4, 0.5) is 4.39 Å². The van der Waals surface area contributed by atoms with Crippen molar-refractivity contribution in [3.63, 3.8) is 0 Å². The molecule has 1 aromatic rings. The van der Waals surface area contributed by atoms with Crippen molar-refractivity contribution < 1.29 is 12.8 Å². The molecular formula is C13H19Cl2FN2O2S. The van der Waals surface area contributed by atoms with E-state index < -0.39 is 15.8 Å². The average Bonchev–Trinajstić information content (AvgIpc) is 2.88. The molecule has 21 heavy (non-hydrogen) atoms. The van der Waals surface area contributed by atoms with Crippen LogP contribution in [0, 0.1) is 5.82 Å². The van der Waals surface area contributed by atoms with Gasteiger partial charge in [0.15, 0.2) is 0 Å². The molecule has 0 aromatic heterocycles. The van der Waals surface area contributed by atoms with E-state index in [1.54, 1.807) is 0 Å². The summed E-state index contributed by atoms with van der Waals surface area (Å²) >= 11 is 5.76. The fourth-order valence-corrected chi connectivity index (χ4v) is 4.51. The van der Waals surface area contributed by atoms with Crippen LogP contribution in [0.3, 0.4) is 0 Å². The predicted molar refractivity (Wildman–Crippen MR) is 84.1 cm³/mol. The number of rotatable bonds is 5. The summed E-state index contributed by atoms with van der Waals surface area (Å²) in [7, 11) is -3.72. The van der Waals surface area contributed by atoms with E-state index in [1.165, 1.54) is 10.4 Å². The Labute approximate surface area is 136 Å². The number of hydrogen-bond acceptors (Lipinski definition) is 3. The first-order valence-electron chi connectivity index (χ1n) is 6.64. The summed E-state index contributed by atoms with van der Waals surface area (Å²) in [6, 6.07) is 3.33. The largest absolute Gasteiger partial charge is 0.315 e. The molecule has 1 aliphatic rings. The quantitative estimate of drug-likeness (QED) is 0.882. The molecule has 0 saturated carbocycles. The lowest BCUT2D eigenvalue weighted by Gasteiger charge is -2.27. The van der Waals surface area contributed by atoms with Gasteiger partial charge in [0.05, 0.1) is 4.90 Å². The highest BCUT2D eigenvalue weighted by Gasteiger charge is 2.32. The molecule has 1 aliphatic heterocycles. The molecule has 0 radical (unpaired) electrons. The van der Waals surface area contributed by atoms with Gasteiger partial charge in [0.1, 0.15) is 5.82 Å². The van der Waals surface area contributed by atoms with Gasteiger partial charge in [-0.3, -0.25) is 0 Å². The first-order valence-corrected chi connectivity index (χ1v) is 8.45. The van der Waals surface area contributed by atoms with Gasteiger partial charge in [-0.2, -0.15) is 4.31 Å². The van der Waals surface area contributed by atoms with Gasteiger partial charge >= 0.3 is 0 Å². The lowest BCUT2D eigenvalue weighted by atomic mass is 10.2. The van der Waals surface area contributed by atoms with Crippen LogP contribution in [0.1, 0.15) is 19.8 Å². The van der Waals surface area contributed by atoms with Crippen molar-refractivity contribution in [1.82, 2.24) is 9.62 Å². The van der Waals surface area contributed by atoms with E-state index in [0.717, 1.165) is 25.1 Å². The molecule has 2 rings (SSSR count). The zero-order chi connectivity index (χ0) is 14.8.